The van der Waals surface area contributed by atoms with Gasteiger partial charge in [-0.2, -0.15) is 17.9 Å². The van der Waals surface area contributed by atoms with Crippen molar-refractivity contribution in [2.45, 2.75) is 55.6 Å². The zero-order valence-corrected chi connectivity index (χ0v) is 18.1. The first-order valence-corrected chi connectivity index (χ1v) is 13.9. The van der Waals surface area contributed by atoms with Crippen molar-refractivity contribution >= 4 is 30.2 Å². The van der Waals surface area contributed by atoms with Gasteiger partial charge in [-0.1, -0.05) is 18.2 Å². The lowest BCUT2D eigenvalue weighted by Gasteiger charge is -2.31. The topological polar surface area (TPSA) is 75.7 Å². The Bertz CT molecular complexity index is 692. The number of rotatable bonds is 5. The summed E-state index contributed by atoms with van der Waals surface area (Å²) in [5.41, 5.74) is -5.65. The molecule has 1 saturated heterocycles. The molecule has 0 aromatic heterocycles. The smallest absolute Gasteiger partial charge is 0.485 e. The van der Waals surface area contributed by atoms with Gasteiger partial charge in [0, 0.05) is 11.3 Å². The van der Waals surface area contributed by atoms with Crippen LogP contribution in [0, 0.1) is 6.10 Å². The molecule has 0 aliphatic carbocycles. The first-order valence-electron chi connectivity index (χ1n) is 8.05. The fourth-order valence-electron chi connectivity index (χ4n) is 2.26. The minimum Gasteiger partial charge on any atom is -0.741 e. The van der Waals surface area contributed by atoms with E-state index in [4.69, 9.17) is 22.1 Å². The Morgan fingerprint density at radius 2 is 1.81 bits per heavy atom. The van der Waals surface area contributed by atoms with E-state index in [-0.39, 0.29) is 0 Å². The largest absolute Gasteiger partial charge is 0.741 e. The molecule has 1 aromatic carbocycles. The molecule has 1 unspecified atom stereocenters. The van der Waals surface area contributed by atoms with Crippen molar-refractivity contribution in [2.24, 2.45) is 0 Å². The van der Waals surface area contributed by atoms with Gasteiger partial charge in [-0.05, 0) is 31.8 Å². The van der Waals surface area contributed by atoms with E-state index in [0.717, 1.165) is 24.7 Å². The second kappa shape index (κ2) is 9.18. The lowest BCUT2D eigenvalue weighted by atomic mass is 10.2. The van der Waals surface area contributed by atoms with E-state index in [1.807, 2.05) is 17.8 Å². The van der Waals surface area contributed by atoms with Crippen LogP contribution >= 0.6 is 11.8 Å². The molecule has 11 heteroatoms. The molecule has 1 heterocycles. The highest BCUT2D eigenvalue weighted by molar-refractivity contribution is 7.99. The SMILES string of the molecule is C[C+]1CCC(CSc2ccccc2)(O[Si](C)(C)C)O1.O=S(=O)([O-])C(F)(F)F. The summed E-state index contributed by atoms with van der Waals surface area (Å²) >= 11 is 1.82. The highest BCUT2D eigenvalue weighted by atomic mass is 32.2. The van der Waals surface area contributed by atoms with Crippen molar-refractivity contribution in [1.82, 2.24) is 0 Å². The van der Waals surface area contributed by atoms with E-state index >= 15 is 0 Å². The summed E-state index contributed by atoms with van der Waals surface area (Å²) in [6.07, 6.45) is 3.09. The molecule has 1 aromatic rings. The van der Waals surface area contributed by atoms with Crippen LogP contribution in [0.15, 0.2) is 35.2 Å². The third kappa shape index (κ3) is 8.88. The van der Waals surface area contributed by atoms with Crippen LogP contribution in [0.2, 0.25) is 19.6 Å². The molecule has 5 nitrogen and oxygen atoms in total. The van der Waals surface area contributed by atoms with Gasteiger partial charge in [0.15, 0.2) is 18.4 Å². The molecule has 0 N–H and O–H groups in total. The molecule has 0 spiro atoms. The maximum atomic E-state index is 10.7. The quantitative estimate of drug-likeness (QED) is 0.215. The molecule has 0 saturated carbocycles. The second-order valence-electron chi connectivity index (χ2n) is 6.93. The van der Waals surface area contributed by atoms with Crippen molar-refractivity contribution in [1.29, 1.82) is 0 Å². The summed E-state index contributed by atoms with van der Waals surface area (Å²) < 4.78 is 71.3. The van der Waals surface area contributed by atoms with Crippen molar-refractivity contribution < 1.29 is 35.3 Å². The summed E-state index contributed by atoms with van der Waals surface area (Å²) in [6.45, 7) is 8.72. The number of halogens is 3. The van der Waals surface area contributed by atoms with Crippen LogP contribution < -0.4 is 0 Å². The summed E-state index contributed by atoms with van der Waals surface area (Å²) in [6, 6.07) is 10.5. The lowest BCUT2D eigenvalue weighted by molar-refractivity contribution is -0.131. The average molecular weight is 445 g/mol. The van der Waals surface area contributed by atoms with E-state index in [1.165, 1.54) is 4.90 Å². The molecular weight excluding hydrogens is 421 g/mol. The zero-order valence-electron chi connectivity index (χ0n) is 15.5. The maximum absolute atomic E-state index is 10.7. The number of benzene rings is 1. The number of hydrogen-bond donors (Lipinski definition) is 0. The Morgan fingerprint density at radius 3 is 2.19 bits per heavy atom. The van der Waals surface area contributed by atoms with Crippen LogP contribution in [0.3, 0.4) is 0 Å². The summed E-state index contributed by atoms with van der Waals surface area (Å²) in [5, 5.41) is 0. The maximum Gasteiger partial charge on any atom is 0.485 e. The highest BCUT2D eigenvalue weighted by Crippen LogP contribution is 2.41. The Balaban J connectivity index is 0.000000387. The van der Waals surface area contributed by atoms with Gasteiger partial charge in [0.25, 0.3) is 0 Å². The standard InChI is InChI=1S/C15H23O2SSi.CHF3O3S/c1-13-10-11-15(16-13,17-19(2,3)4)12-18-14-8-6-5-7-9-14;2-1(3,4)8(5,6)7/h5-9H,10-12H2,1-4H3;(H,5,6,7)/q+1;/p-1. The number of alkyl halides is 3. The summed E-state index contributed by atoms with van der Waals surface area (Å²) in [7, 11) is -7.70. The third-order valence-electron chi connectivity index (χ3n) is 3.20. The van der Waals surface area contributed by atoms with Crippen LogP contribution in [0.1, 0.15) is 19.8 Å². The van der Waals surface area contributed by atoms with Gasteiger partial charge in [-0.3, -0.25) is 0 Å². The van der Waals surface area contributed by atoms with Gasteiger partial charge in [0.2, 0.25) is 11.9 Å². The number of thioether (sulfide) groups is 1. The van der Waals surface area contributed by atoms with E-state index in [0.29, 0.717) is 0 Å². The minimum absolute atomic E-state index is 0.408. The Kier molecular flexibility index (Phi) is 8.27. The van der Waals surface area contributed by atoms with E-state index in [2.05, 4.69) is 50.8 Å². The zero-order chi connectivity index (χ0) is 20.9. The molecule has 2 rings (SSSR count). The van der Waals surface area contributed by atoms with Crippen LogP contribution in [0.5, 0.6) is 0 Å². The molecule has 1 fully saturated rings. The summed E-state index contributed by atoms with van der Waals surface area (Å²) in [4.78, 5) is 1.27. The van der Waals surface area contributed by atoms with Gasteiger partial charge < -0.3 is 8.98 Å². The number of hydrogen-bond acceptors (Lipinski definition) is 6. The van der Waals surface area contributed by atoms with Crippen molar-refractivity contribution in [3.63, 3.8) is 0 Å². The first kappa shape index (κ1) is 24.3. The fourth-order valence-corrected chi connectivity index (χ4v) is 4.69. The predicted molar refractivity (Wildman–Crippen MR) is 99.3 cm³/mol. The number of ether oxygens (including phenoxy) is 1. The Labute approximate surface area is 163 Å². The van der Waals surface area contributed by atoms with Crippen LogP contribution in [-0.4, -0.2) is 38.3 Å². The molecule has 0 radical (unpaired) electrons. The fraction of sp³-hybridized carbons (Fsp3) is 0.562. The monoisotopic (exact) mass is 444 g/mol. The molecule has 1 aliphatic rings. The van der Waals surface area contributed by atoms with Crippen LogP contribution in [0.4, 0.5) is 13.2 Å². The first-order chi connectivity index (χ1) is 12.1. The van der Waals surface area contributed by atoms with Gasteiger partial charge in [-0.15, -0.1) is 11.8 Å². The Morgan fingerprint density at radius 1 is 1.30 bits per heavy atom. The van der Waals surface area contributed by atoms with E-state index < -0.39 is 29.7 Å². The third-order valence-corrected chi connectivity index (χ3v) is 5.94. The van der Waals surface area contributed by atoms with Gasteiger partial charge in [-0.25, -0.2) is 8.42 Å². The van der Waals surface area contributed by atoms with E-state index in [1.54, 1.807) is 0 Å². The van der Waals surface area contributed by atoms with Gasteiger partial charge in [0.1, 0.15) is 13.3 Å². The van der Waals surface area contributed by atoms with Crippen LogP contribution in [0.25, 0.3) is 0 Å². The molecule has 154 valence electrons. The van der Waals surface area contributed by atoms with Crippen molar-refractivity contribution in [3.05, 3.63) is 36.4 Å². The molecule has 0 amide bonds. The minimum atomic E-state index is -6.09. The molecule has 1 aliphatic heterocycles. The second-order valence-corrected chi connectivity index (χ2v) is 13.8. The normalized spacial score (nSPS) is 21.0. The summed E-state index contributed by atoms with van der Waals surface area (Å²) in [5.74, 6) is 0.452. The molecule has 27 heavy (non-hydrogen) atoms. The molecular formula is C16H23F3O5S2Si. The van der Waals surface area contributed by atoms with E-state index in [9.17, 15) is 13.2 Å². The Hall–Kier alpha value is -0.723. The highest BCUT2D eigenvalue weighted by Gasteiger charge is 2.50. The van der Waals surface area contributed by atoms with Crippen LogP contribution in [-0.2, 0) is 19.3 Å². The van der Waals surface area contributed by atoms with Gasteiger partial charge in [0.05, 0.1) is 5.75 Å². The van der Waals surface area contributed by atoms with Crippen molar-refractivity contribution in [3.8, 4) is 0 Å². The lowest BCUT2D eigenvalue weighted by Crippen LogP contribution is -2.44. The predicted octanol–water partition coefficient (Wildman–Crippen LogP) is 4.74. The molecule has 0 bridgehead atoms. The van der Waals surface area contributed by atoms with Gasteiger partial charge >= 0.3 is 5.51 Å². The molecule has 1 atom stereocenters. The van der Waals surface area contributed by atoms with Crippen molar-refractivity contribution in [2.75, 3.05) is 5.75 Å². The average Bonchev–Trinajstić information content (AvgIpc) is 2.84.